The fourth-order valence-corrected chi connectivity index (χ4v) is 2.42. The smallest absolute Gasteiger partial charge is 0.319 e. The van der Waals surface area contributed by atoms with E-state index in [1.165, 1.54) is 12.1 Å². The van der Waals surface area contributed by atoms with Crippen LogP contribution in [-0.4, -0.2) is 40.0 Å². The van der Waals surface area contributed by atoms with E-state index in [2.05, 4.69) is 10.6 Å². The van der Waals surface area contributed by atoms with Gasteiger partial charge in [0.1, 0.15) is 0 Å². The van der Waals surface area contributed by atoms with E-state index >= 15 is 0 Å². The van der Waals surface area contributed by atoms with Gasteiger partial charge in [0.05, 0.1) is 17.5 Å². The van der Waals surface area contributed by atoms with Crippen molar-refractivity contribution in [3.05, 3.63) is 24.3 Å². The van der Waals surface area contributed by atoms with Gasteiger partial charge in [-0.05, 0) is 30.7 Å². The number of hydrogen-bond acceptors (Lipinski definition) is 4. The Hall–Kier alpha value is -1.60. The van der Waals surface area contributed by atoms with E-state index in [0.717, 1.165) is 12.7 Å². The minimum Gasteiger partial charge on any atom is -0.379 e. The fraction of sp³-hybridized carbons (Fsp3) is 0.417. The molecule has 0 spiro atoms. The lowest BCUT2D eigenvalue weighted by molar-refractivity contribution is 0.189. The van der Waals surface area contributed by atoms with Gasteiger partial charge >= 0.3 is 6.03 Å². The lowest BCUT2D eigenvalue weighted by Gasteiger charge is -2.12. The number of anilines is 1. The normalized spacial score (nSPS) is 19.1. The van der Waals surface area contributed by atoms with Gasteiger partial charge in [0, 0.05) is 18.6 Å². The number of amides is 2. The second-order valence-corrected chi connectivity index (χ2v) is 6.47. The van der Waals surface area contributed by atoms with E-state index in [0.29, 0.717) is 18.9 Å². The molecule has 0 aromatic heterocycles. The number of carbonyl (C=O) groups is 1. The zero-order valence-electron chi connectivity index (χ0n) is 10.5. The third-order valence-electron chi connectivity index (χ3n) is 2.81. The number of rotatable bonds is 3. The van der Waals surface area contributed by atoms with Crippen molar-refractivity contribution in [1.29, 1.82) is 0 Å². The quantitative estimate of drug-likeness (QED) is 0.867. The maximum Gasteiger partial charge on any atom is 0.319 e. The molecule has 1 atom stereocenters. The van der Waals surface area contributed by atoms with Crippen LogP contribution >= 0.6 is 0 Å². The molecule has 0 radical (unpaired) electrons. The van der Waals surface area contributed by atoms with Crippen molar-refractivity contribution in [2.45, 2.75) is 17.4 Å². The third kappa shape index (κ3) is 3.93. The molecule has 19 heavy (non-hydrogen) atoms. The second kappa shape index (κ2) is 5.58. The molecule has 0 bridgehead atoms. The van der Waals surface area contributed by atoms with Crippen LogP contribution < -0.4 is 10.6 Å². The highest BCUT2D eigenvalue weighted by Crippen LogP contribution is 2.14. The van der Waals surface area contributed by atoms with Gasteiger partial charge < -0.3 is 15.4 Å². The predicted molar refractivity (Wildman–Crippen MR) is 70.9 cm³/mol. The van der Waals surface area contributed by atoms with Gasteiger partial charge in [0.25, 0.3) is 0 Å². The molecular weight excluding hydrogens is 268 g/mol. The largest absolute Gasteiger partial charge is 0.379 e. The standard InChI is InChI=1S/C12H16N2O4S/c1-19(16,17)11-4-2-9(3-5-11)13-12(15)14-10-6-7-18-8-10/h2-5,10H,6-8H2,1H3,(H2,13,14,15). The molecular formula is C12H16N2O4S. The van der Waals surface area contributed by atoms with E-state index in [1.54, 1.807) is 12.1 Å². The van der Waals surface area contributed by atoms with Crippen LogP contribution in [0.5, 0.6) is 0 Å². The summed E-state index contributed by atoms with van der Waals surface area (Å²) in [5.41, 5.74) is 0.545. The zero-order valence-corrected chi connectivity index (χ0v) is 11.4. The van der Waals surface area contributed by atoms with Gasteiger partial charge in [0.15, 0.2) is 9.84 Å². The molecule has 2 amide bonds. The Morgan fingerprint density at radius 1 is 1.32 bits per heavy atom. The average Bonchev–Trinajstić information content (AvgIpc) is 2.81. The van der Waals surface area contributed by atoms with E-state index < -0.39 is 9.84 Å². The topological polar surface area (TPSA) is 84.5 Å². The van der Waals surface area contributed by atoms with E-state index in [-0.39, 0.29) is 17.0 Å². The van der Waals surface area contributed by atoms with Crippen LogP contribution in [0.2, 0.25) is 0 Å². The van der Waals surface area contributed by atoms with Crippen LogP contribution in [0.1, 0.15) is 6.42 Å². The molecule has 6 nitrogen and oxygen atoms in total. The van der Waals surface area contributed by atoms with Crippen LogP contribution in [0.4, 0.5) is 10.5 Å². The minimum atomic E-state index is -3.21. The van der Waals surface area contributed by atoms with Gasteiger partial charge in [-0.3, -0.25) is 0 Å². The van der Waals surface area contributed by atoms with Gasteiger partial charge in [-0.15, -0.1) is 0 Å². The van der Waals surface area contributed by atoms with Crippen molar-refractivity contribution < 1.29 is 17.9 Å². The lowest BCUT2D eigenvalue weighted by Crippen LogP contribution is -2.38. The summed E-state index contributed by atoms with van der Waals surface area (Å²) < 4.78 is 27.7. The molecule has 1 aromatic rings. The molecule has 2 N–H and O–H groups in total. The number of hydrogen-bond donors (Lipinski definition) is 2. The highest BCUT2D eigenvalue weighted by molar-refractivity contribution is 7.90. The summed E-state index contributed by atoms with van der Waals surface area (Å²) in [5.74, 6) is 0. The lowest BCUT2D eigenvalue weighted by atomic mass is 10.3. The predicted octanol–water partition coefficient (Wildman–Crippen LogP) is 1.00. The molecule has 1 heterocycles. The van der Waals surface area contributed by atoms with Crippen LogP contribution in [0.3, 0.4) is 0 Å². The maximum absolute atomic E-state index is 11.7. The molecule has 1 aliphatic heterocycles. The maximum atomic E-state index is 11.7. The molecule has 0 saturated carbocycles. The Morgan fingerprint density at radius 3 is 2.53 bits per heavy atom. The van der Waals surface area contributed by atoms with E-state index in [4.69, 9.17) is 4.74 Å². The van der Waals surface area contributed by atoms with E-state index in [1.807, 2.05) is 0 Å². The Bertz CT molecular complexity index is 548. The van der Waals surface area contributed by atoms with Crippen molar-refractivity contribution in [1.82, 2.24) is 5.32 Å². The first-order valence-electron chi connectivity index (χ1n) is 5.90. The van der Waals surface area contributed by atoms with Gasteiger partial charge in [0.2, 0.25) is 0 Å². The first kappa shape index (κ1) is 13.8. The van der Waals surface area contributed by atoms with Crippen molar-refractivity contribution >= 4 is 21.6 Å². The molecule has 1 unspecified atom stereocenters. The molecule has 2 rings (SSSR count). The van der Waals surface area contributed by atoms with Gasteiger partial charge in [-0.25, -0.2) is 13.2 Å². The molecule has 7 heteroatoms. The Kier molecular flexibility index (Phi) is 4.06. The zero-order chi connectivity index (χ0) is 13.9. The first-order chi connectivity index (χ1) is 8.95. The monoisotopic (exact) mass is 284 g/mol. The number of benzene rings is 1. The van der Waals surface area contributed by atoms with Crippen molar-refractivity contribution in [2.75, 3.05) is 24.8 Å². The summed E-state index contributed by atoms with van der Waals surface area (Å²) in [6.45, 7) is 1.19. The van der Waals surface area contributed by atoms with Crippen LogP contribution in [0.15, 0.2) is 29.2 Å². The molecule has 1 fully saturated rings. The summed E-state index contributed by atoms with van der Waals surface area (Å²) in [6.07, 6.45) is 1.95. The van der Waals surface area contributed by atoms with Crippen molar-refractivity contribution in [3.63, 3.8) is 0 Å². The van der Waals surface area contributed by atoms with Gasteiger partial charge in [-0.2, -0.15) is 0 Å². The summed E-state index contributed by atoms with van der Waals surface area (Å²) in [5, 5.41) is 5.43. The minimum absolute atomic E-state index is 0.0373. The SMILES string of the molecule is CS(=O)(=O)c1ccc(NC(=O)NC2CCOC2)cc1. The van der Waals surface area contributed by atoms with E-state index in [9.17, 15) is 13.2 Å². The molecule has 104 valence electrons. The summed E-state index contributed by atoms with van der Waals surface area (Å²) >= 11 is 0. The average molecular weight is 284 g/mol. The Morgan fingerprint density at radius 2 is 2.00 bits per heavy atom. The van der Waals surface area contributed by atoms with Crippen LogP contribution in [0, 0.1) is 0 Å². The summed E-state index contributed by atoms with van der Waals surface area (Å²) in [6, 6.07) is 5.76. The van der Waals surface area contributed by atoms with Gasteiger partial charge in [-0.1, -0.05) is 0 Å². The Balaban J connectivity index is 1.93. The fourth-order valence-electron chi connectivity index (χ4n) is 1.79. The molecule has 1 aliphatic rings. The molecule has 0 aliphatic carbocycles. The Labute approximate surface area is 112 Å². The third-order valence-corrected chi connectivity index (χ3v) is 3.93. The summed E-state index contributed by atoms with van der Waals surface area (Å²) in [7, 11) is -3.21. The molecule has 1 aromatic carbocycles. The highest BCUT2D eigenvalue weighted by Gasteiger charge is 2.17. The second-order valence-electron chi connectivity index (χ2n) is 4.46. The molecule has 1 saturated heterocycles. The van der Waals surface area contributed by atoms with Crippen molar-refractivity contribution in [2.24, 2.45) is 0 Å². The van der Waals surface area contributed by atoms with Crippen LogP contribution in [0.25, 0.3) is 0 Å². The summed E-state index contributed by atoms with van der Waals surface area (Å²) in [4.78, 5) is 11.9. The highest BCUT2D eigenvalue weighted by atomic mass is 32.2. The number of nitrogens with one attached hydrogen (secondary N) is 2. The first-order valence-corrected chi connectivity index (χ1v) is 7.80. The number of sulfone groups is 1. The number of urea groups is 1. The van der Waals surface area contributed by atoms with Crippen molar-refractivity contribution in [3.8, 4) is 0 Å². The number of carbonyl (C=O) groups excluding carboxylic acids is 1. The number of ether oxygens (including phenoxy) is 1. The van der Waals surface area contributed by atoms with Crippen LogP contribution in [-0.2, 0) is 14.6 Å².